The SMILES string of the molecule is CC1(C)C(=O)NCC(=O)N1CC1Cc2ccccc2S1. The molecule has 1 aromatic rings. The molecule has 0 spiro atoms. The highest BCUT2D eigenvalue weighted by atomic mass is 32.2. The average Bonchev–Trinajstić information content (AvgIpc) is 2.82. The highest BCUT2D eigenvalue weighted by Gasteiger charge is 2.43. The van der Waals surface area contributed by atoms with E-state index in [4.69, 9.17) is 0 Å². The van der Waals surface area contributed by atoms with Gasteiger partial charge in [0.05, 0.1) is 6.54 Å². The highest BCUT2D eigenvalue weighted by Crippen LogP contribution is 2.38. The first-order valence-corrected chi connectivity index (χ1v) is 7.70. The van der Waals surface area contributed by atoms with E-state index in [1.165, 1.54) is 10.5 Å². The quantitative estimate of drug-likeness (QED) is 0.896. The normalized spacial score (nSPS) is 24.5. The first-order valence-electron chi connectivity index (χ1n) is 6.82. The standard InChI is InChI=1S/C15H18N2O2S/c1-15(2)14(19)16-8-13(18)17(15)9-11-7-10-5-3-4-6-12(10)20-11/h3-6,11H,7-9H2,1-2H3,(H,16,19). The zero-order valence-electron chi connectivity index (χ0n) is 11.7. The van der Waals surface area contributed by atoms with Crippen LogP contribution in [0.5, 0.6) is 0 Å². The minimum absolute atomic E-state index is 0.00570. The molecule has 20 heavy (non-hydrogen) atoms. The summed E-state index contributed by atoms with van der Waals surface area (Å²) in [5.41, 5.74) is 0.583. The Morgan fingerprint density at radius 3 is 2.85 bits per heavy atom. The lowest BCUT2D eigenvalue weighted by atomic mass is 9.97. The fourth-order valence-electron chi connectivity index (χ4n) is 2.79. The van der Waals surface area contributed by atoms with Gasteiger partial charge < -0.3 is 10.2 Å². The van der Waals surface area contributed by atoms with Crippen LogP contribution < -0.4 is 5.32 Å². The van der Waals surface area contributed by atoms with Gasteiger partial charge in [-0.2, -0.15) is 0 Å². The van der Waals surface area contributed by atoms with Gasteiger partial charge in [-0.05, 0) is 31.9 Å². The molecule has 0 aromatic heterocycles. The van der Waals surface area contributed by atoms with Crippen molar-refractivity contribution in [1.82, 2.24) is 10.2 Å². The van der Waals surface area contributed by atoms with Crippen LogP contribution in [0.4, 0.5) is 0 Å². The molecule has 0 aliphatic carbocycles. The van der Waals surface area contributed by atoms with E-state index < -0.39 is 5.54 Å². The predicted octanol–water partition coefficient (Wildman–Crippen LogP) is 1.44. The number of carbonyl (C=O) groups excluding carboxylic acids is 2. The second kappa shape index (κ2) is 4.81. The van der Waals surface area contributed by atoms with E-state index in [2.05, 4.69) is 17.4 Å². The molecule has 2 heterocycles. The van der Waals surface area contributed by atoms with E-state index in [1.54, 1.807) is 4.90 Å². The van der Waals surface area contributed by atoms with Gasteiger partial charge in [0, 0.05) is 16.7 Å². The third kappa shape index (κ3) is 2.20. The van der Waals surface area contributed by atoms with Crippen molar-refractivity contribution in [3.63, 3.8) is 0 Å². The van der Waals surface area contributed by atoms with Crippen LogP contribution in [0.1, 0.15) is 19.4 Å². The van der Waals surface area contributed by atoms with E-state index in [-0.39, 0.29) is 18.4 Å². The van der Waals surface area contributed by atoms with Crippen LogP contribution in [-0.2, 0) is 16.0 Å². The minimum atomic E-state index is -0.759. The number of hydrogen-bond donors (Lipinski definition) is 1. The van der Waals surface area contributed by atoms with Gasteiger partial charge in [-0.15, -0.1) is 11.8 Å². The maximum Gasteiger partial charge on any atom is 0.245 e. The minimum Gasteiger partial charge on any atom is -0.345 e. The molecule has 1 unspecified atom stereocenters. The van der Waals surface area contributed by atoms with Gasteiger partial charge in [-0.25, -0.2) is 0 Å². The van der Waals surface area contributed by atoms with E-state index in [0.29, 0.717) is 11.8 Å². The molecule has 0 saturated carbocycles. The summed E-state index contributed by atoms with van der Waals surface area (Å²) in [6.45, 7) is 4.36. The van der Waals surface area contributed by atoms with Crippen LogP contribution in [0, 0.1) is 0 Å². The van der Waals surface area contributed by atoms with Crippen LogP contribution in [0.15, 0.2) is 29.2 Å². The van der Waals surface area contributed by atoms with Gasteiger partial charge in [0.1, 0.15) is 5.54 Å². The summed E-state index contributed by atoms with van der Waals surface area (Å²) in [5, 5.41) is 2.99. The van der Waals surface area contributed by atoms with Crippen molar-refractivity contribution in [2.45, 2.75) is 36.0 Å². The number of fused-ring (bicyclic) bond motifs is 1. The van der Waals surface area contributed by atoms with Crippen molar-refractivity contribution in [3.05, 3.63) is 29.8 Å². The molecule has 2 aliphatic rings. The summed E-state index contributed by atoms with van der Waals surface area (Å²) in [5.74, 6) is -0.0660. The number of nitrogens with one attached hydrogen (secondary N) is 1. The molecule has 106 valence electrons. The number of carbonyl (C=O) groups is 2. The molecular formula is C15H18N2O2S. The van der Waals surface area contributed by atoms with E-state index in [0.717, 1.165) is 6.42 Å². The summed E-state index contributed by atoms with van der Waals surface area (Å²) in [4.78, 5) is 27.1. The lowest BCUT2D eigenvalue weighted by Gasteiger charge is -2.42. The monoisotopic (exact) mass is 290 g/mol. The second-order valence-corrected chi connectivity index (χ2v) is 7.14. The maximum atomic E-state index is 12.1. The van der Waals surface area contributed by atoms with Crippen molar-refractivity contribution >= 4 is 23.6 Å². The lowest BCUT2D eigenvalue weighted by Crippen LogP contribution is -2.65. The molecular weight excluding hydrogens is 272 g/mol. The summed E-state index contributed by atoms with van der Waals surface area (Å²) < 4.78 is 0. The molecule has 1 aromatic carbocycles. The number of hydrogen-bond acceptors (Lipinski definition) is 3. The largest absolute Gasteiger partial charge is 0.345 e. The molecule has 1 fully saturated rings. The summed E-state index contributed by atoms with van der Waals surface area (Å²) >= 11 is 1.81. The van der Waals surface area contributed by atoms with Crippen molar-refractivity contribution in [3.8, 4) is 0 Å². The molecule has 3 rings (SSSR count). The van der Waals surface area contributed by atoms with Crippen LogP contribution in [-0.4, -0.2) is 40.6 Å². The summed E-state index contributed by atoms with van der Waals surface area (Å²) in [6.07, 6.45) is 0.961. The molecule has 2 aliphatic heterocycles. The van der Waals surface area contributed by atoms with Gasteiger partial charge in [-0.1, -0.05) is 18.2 Å². The number of amides is 2. The Morgan fingerprint density at radius 1 is 1.35 bits per heavy atom. The fraction of sp³-hybridized carbons (Fsp3) is 0.467. The van der Waals surface area contributed by atoms with E-state index >= 15 is 0 Å². The van der Waals surface area contributed by atoms with Gasteiger partial charge in [0.2, 0.25) is 11.8 Å². The Hall–Kier alpha value is -1.49. The predicted molar refractivity (Wildman–Crippen MR) is 78.6 cm³/mol. The Labute approximate surface area is 122 Å². The van der Waals surface area contributed by atoms with Gasteiger partial charge in [-0.3, -0.25) is 9.59 Å². The van der Waals surface area contributed by atoms with Crippen LogP contribution in [0.25, 0.3) is 0 Å². The highest BCUT2D eigenvalue weighted by molar-refractivity contribution is 8.00. The Kier molecular flexibility index (Phi) is 3.24. The van der Waals surface area contributed by atoms with Gasteiger partial charge in [0.15, 0.2) is 0 Å². The van der Waals surface area contributed by atoms with Crippen molar-refractivity contribution in [1.29, 1.82) is 0 Å². The van der Waals surface area contributed by atoms with E-state index in [1.807, 2.05) is 37.7 Å². The molecule has 1 N–H and O–H groups in total. The molecule has 5 heteroatoms. The van der Waals surface area contributed by atoms with Gasteiger partial charge >= 0.3 is 0 Å². The number of nitrogens with zero attached hydrogens (tertiary/aromatic N) is 1. The van der Waals surface area contributed by atoms with Crippen LogP contribution in [0.2, 0.25) is 0 Å². The van der Waals surface area contributed by atoms with Crippen LogP contribution in [0.3, 0.4) is 0 Å². The first kappa shape index (κ1) is 13.5. The first-order chi connectivity index (χ1) is 9.48. The molecule has 0 radical (unpaired) electrons. The number of benzene rings is 1. The number of rotatable bonds is 2. The fourth-order valence-corrected chi connectivity index (χ4v) is 4.10. The van der Waals surface area contributed by atoms with Gasteiger partial charge in [0.25, 0.3) is 0 Å². The molecule has 4 nitrogen and oxygen atoms in total. The summed E-state index contributed by atoms with van der Waals surface area (Å²) in [7, 11) is 0. The third-order valence-electron chi connectivity index (χ3n) is 4.03. The zero-order chi connectivity index (χ0) is 14.3. The molecule has 1 atom stereocenters. The molecule has 1 saturated heterocycles. The number of piperazine rings is 1. The van der Waals surface area contributed by atoms with Crippen molar-refractivity contribution in [2.24, 2.45) is 0 Å². The maximum absolute atomic E-state index is 12.1. The van der Waals surface area contributed by atoms with Crippen molar-refractivity contribution in [2.75, 3.05) is 13.1 Å². The summed E-state index contributed by atoms with van der Waals surface area (Å²) in [6, 6.07) is 8.34. The zero-order valence-corrected chi connectivity index (χ0v) is 12.5. The second-order valence-electron chi connectivity index (χ2n) is 5.80. The van der Waals surface area contributed by atoms with Crippen LogP contribution >= 0.6 is 11.8 Å². The molecule has 2 amide bonds. The van der Waals surface area contributed by atoms with Crippen molar-refractivity contribution < 1.29 is 9.59 Å². The van der Waals surface area contributed by atoms with E-state index in [9.17, 15) is 9.59 Å². The Balaban J connectivity index is 1.75. The topological polar surface area (TPSA) is 49.4 Å². The average molecular weight is 290 g/mol. The Bertz CT molecular complexity index is 546. The lowest BCUT2D eigenvalue weighted by molar-refractivity contribution is -0.151. The smallest absolute Gasteiger partial charge is 0.245 e. The molecule has 0 bridgehead atoms. The third-order valence-corrected chi connectivity index (χ3v) is 5.33. The Morgan fingerprint density at radius 2 is 2.10 bits per heavy atom. The number of thioether (sulfide) groups is 1.